The van der Waals surface area contributed by atoms with Gasteiger partial charge in [-0.25, -0.2) is 15.0 Å². The first-order valence-electron chi connectivity index (χ1n) is 6.87. The lowest BCUT2D eigenvalue weighted by molar-refractivity contribution is 0.643. The van der Waals surface area contributed by atoms with E-state index in [0.29, 0.717) is 16.7 Å². The van der Waals surface area contributed by atoms with Crippen LogP contribution in [0, 0.1) is 6.92 Å². The minimum atomic E-state index is 0.655. The summed E-state index contributed by atoms with van der Waals surface area (Å²) < 4.78 is 0. The molecule has 2 aromatic heterocycles. The largest absolute Gasteiger partial charge is 0.369 e. The molecule has 5 nitrogen and oxygen atoms in total. The van der Waals surface area contributed by atoms with Crippen molar-refractivity contribution in [3.05, 3.63) is 41.3 Å². The Balaban J connectivity index is 2.22. The van der Waals surface area contributed by atoms with E-state index in [0.717, 1.165) is 22.2 Å². The van der Waals surface area contributed by atoms with Crippen molar-refractivity contribution in [3.63, 3.8) is 0 Å². The van der Waals surface area contributed by atoms with Crippen LogP contribution in [0.15, 0.2) is 35.5 Å². The number of halogens is 1. The fourth-order valence-electron chi connectivity index (χ4n) is 2.24. The molecule has 6 heteroatoms. The number of aromatic amines is 1. The number of nitrogens with zero attached hydrogens (tertiary/aromatic N) is 4. The van der Waals surface area contributed by atoms with Crippen molar-refractivity contribution in [2.75, 3.05) is 14.1 Å². The molecule has 3 aromatic rings. The second kappa shape index (κ2) is 5.77. The highest BCUT2D eigenvalue weighted by molar-refractivity contribution is 6.30. The van der Waals surface area contributed by atoms with E-state index in [1.165, 1.54) is 0 Å². The van der Waals surface area contributed by atoms with E-state index >= 15 is 0 Å². The first kappa shape index (κ1) is 14.5. The van der Waals surface area contributed by atoms with Crippen LogP contribution >= 0.6 is 11.6 Å². The number of rotatable bonds is 3. The average molecular weight is 314 g/mol. The summed E-state index contributed by atoms with van der Waals surface area (Å²) in [6, 6.07) is 7.69. The molecule has 0 spiro atoms. The van der Waals surface area contributed by atoms with E-state index < -0.39 is 0 Å². The van der Waals surface area contributed by atoms with Crippen molar-refractivity contribution >= 4 is 34.8 Å². The molecule has 0 unspecified atom stereocenters. The number of fused-ring (bicyclic) bond motifs is 1. The molecular formula is C16H16ClN5. The van der Waals surface area contributed by atoms with Crippen LogP contribution in [0.5, 0.6) is 0 Å². The number of hydrogen-bond acceptors (Lipinski definition) is 3. The van der Waals surface area contributed by atoms with Crippen molar-refractivity contribution in [2.24, 2.45) is 4.99 Å². The second-order valence-electron chi connectivity index (χ2n) is 5.24. The third-order valence-corrected chi connectivity index (χ3v) is 3.44. The topological polar surface area (TPSA) is 57.2 Å². The minimum absolute atomic E-state index is 0.655. The van der Waals surface area contributed by atoms with E-state index in [1.807, 2.05) is 56.4 Å². The minimum Gasteiger partial charge on any atom is -0.369 e. The molecule has 0 bridgehead atoms. The normalized spacial score (nSPS) is 11.5. The van der Waals surface area contributed by atoms with E-state index in [-0.39, 0.29) is 0 Å². The molecule has 1 N–H and O–H groups in total. The van der Waals surface area contributed by atoms with Crippen LogP contribution in [0.3, 0.4) is 0 Å². The van der Waals surface area contributed by atoms with Crippen molar-refractivity contribution in [2.45, 2.75) is 6.92 Å². The number of aromatic nitrogens is 3. The third-order valence-electron chi connectivity index (χ3n) is 3.19. The van der Waals surface area contributed by atoms with Crippen molar-refractivity contribution < 1.29 is 0 Å². The van der Waals surface area contributed by atoms with Gasteiger partial charge in [0.05, 0.1) is 11.7 Å². The maximum atomic E-state index is 5.97. The fraction of sp³-hybridized carbons (Fsp3) is 0.188. The van der Waals surface area contributed by atoms with E-state index in [4.69, 9.17) is 11.6 Å². The van der Waals surface area contributed by atoms with Crippen LogP contribution in [0.25, 0.3) is 22.2 Å². The highest BCUT2D eigenvalue weighted by Crippen LogP contribution is 2.34. The molecule has 0 aliphatic carbocycles. The molecule has 1 aromatic carbocycles. The zero-order valence-corrected chi connectivity index (χ0v) is 13.4. The number of hydrogen-bond donors (Lipinski definition) is 1. The van der Waals surface area contributed by atoms with Gasteiger partial charge in [0.2, 0.25) is 0 Å². The van der Waals surface area contributed by atoms with Crippen LogP contribution in [0.2, 0.25) is 5.02 Å². The second-order valence-corrected chi connectivity index (χ2v) is 5.67. The monoisotopic (exact) mass is 313 g/mol. The Morgan fingerprint density at radius 2 is 1.91 bits per heavy atom. The van der Waals surface area contributed by atoms with Crippen LogP contribution in [-0.4, -0.2) is 40.3 Å². The summed E-state index contributed by atoms with van der Waals surface area (Å²) in [6.07, 6.45) is 3.66. The highest BCUT2D eigenvalue weighted by Gasteiger charge is 2.13. The van der Waals surface area contributed by atoms with Gasteiger partial charge in [0.15, 0.2) is 5.82 Å². The van der Waals surface area contributed by atoms with Gasteiger partial charge < -0.3 is 9.88 Å². The Morgan fingerprint density at radius 1 is 1.18 bits per heavy atom. The van der Waals surface area contributed by atoms with Gasteiger partial charge in [-0.1, -0.05) is 23.7 Å². The summed E-state index contributed by atoms with van der Waals surface area (Å²) in [6.45, 7) is 1.86. The highest BCUT2D eigenvalue weighted by atomic mass is 35.5. The van der Waals surface area contributed by atoms with Gasteiger partial charge in [-0.2, -0.15) is 0 Å². The zero-order valence-electron chi connectivity index (χ0n) is 12.6. The molecule has 22 heavy (non-hydrogen) atoms. The van der Waals surface area contributed by atoms with Crippen molar-refractivity contribution in [1.29, 1.82) is 0 Å². The predicted molar refractivity (Wildman–Crippen MR) is 90.9 cm³/mol. The summed E-state index contributed by atoms with van der Waals surface area (Å²) in [7, 11) is 3.85. The first-order chi connectivity index (χ1) is 10.5. The summed E-state index contributed by atoms with van der Waals surface area (Å²) >= 11 is 5.97. The van der Waals surface area contributed by atoms with Gasteiger partial charge >= 0.3 is 0 Å². The lowest BCUT2D eigenvalue weighted by Gasteiger charge is -2.05. The number of aryl methyl sites for hydroxylation is 1. The lowest BCUT2D eigenvalue weighted by Crippen LogP contribution is -2.07. The van der Waals surface area contributed by atoms with E-state index in [9.17, 15) is 0 Å². The third kappa shape index (κ3) is 2.80. The zero-order chi connectivity index (χ0) is 15.7. The average Bonchev–Trinajstić information content (AvgIpc) is 2.89. The van der Waals surface area contributed by atoms with Gasteiger partial charge in [-0.05, 0) is 24.6 Å². The number of aliphatic imine (C=N–C) groups is 1. The molecule has 0 amide bonds. The number of benzene rings is 1. The van der Waals surface area contributed by atoms with Crippen LogP contribution < -0.4 is 0 Å². The Kier molecular flexibility index (Phi) is 3.81. The molecule has 0 saturated heterocycles. The van der Waals surface area contributed by atoms with E-state index in [1.54, 1.807) is 6.34 Å². The van der Waals surface area contributed by atoms with Crippen LogP contribution in [0.4, 0.5) is 5.82 Å². The predicted octanol–water partition coefficient (Wildman–Crippen LogP) is 3.81. The maximum absolute atomic E-state index is 5.97. The van der Waals surface area contributed by atoms with Gasteiger partial charge in [-0.3, -0.25) is 0 Å². The quantitative estimate of drug-likeness (QED) is 0.591. The van der Waals surface area contributed by atoms with Crippen LogP contribution in [-0.2, 0) is 0 Å². The van der Waals surface area contributed by atoms with Gasteiger partial charge in [0, 0.05) is 30.9 Å². The molecule has 0 atom stereocenters. The Labute approximate surface area is 133 Å². The number of nitrogens with one attached hydrogen (secondary N) is 1. The Hall–Kier alpha value is -2.40. The first-order valence-corrected chi connectivity index (χ1v) is 7.24. The molecule has 112 valence electrons. The summed E-state index contributed by atoms with van der Waals surface area (Å²) in [5.41, 5.74) is 2.84. The van der Waals surface area contributed by atoms with Crippen molar-refractivity contribution in [1.82, 2.24) is 19.9 Å². The smallest absolute Gasteiger partial charge is 0.167 e. The van der Waals surface area contributed by atoms with E-state index in [2.05, 4.69) is 19.9 Å². The maximum Gasteiger partial charge on any atom is 0.167 e. The molecule has 0 fully saturated rings. The molecule has 0 radical (unpaired) electrons. The van der Waals surface area contributed by atoms with Gasteiger partial charge in [0.1, 0.15) is 11.5 Å². The summed E-state index contributed by atoms with van der Waals surface area (Å²) in [4.78, 5) is 18.5. The standard InChI is InChI=1S/C16H16ClN5/c1-10-20-15-14(16(21-10)19-9-22(2)3)13(8-18-15)11-4-6-12(17)7-5-11/h4-9H,1-3H3,(H,18,20,21). The Bertz CT molecular complexity index is 834. The van der Waals surface area contributed by atoms with Gasteiger partial charge in [0.25, 0.3) is 0 Å². The molecule has 0 aliphatic rings. The molecule has 0 aliphatic heterocycles. The SMILES string of the molecule is Cc1nc(N=CN(C)C)c2c(-c3ccc(Cl)cc3)c[nH]c2n1. The molecule has 0 saturated carbocycles. The van der Waals surface area contributed by atoms with Crippen LogP contribution in [0.1, 0.15) is 5.82 Å². The lowest BCUT2D eigenvalue weighted by atomic mass is 10.1. The molecular weight excluding hydrogens is 298 g/mol. The van der Waals surface area contributed by atoms with Gasteiger partial charge in [-0.15, -0.1) is 0 Å². The Morgan fingerprint density at radius 3 is 2.59 bits per heavy atom. The summed E-state index contributed by atoms with van der Waals surface area (Å²) in [5.74, 6) is 1.34. The molecule has 3 rings (SSSR count). The van der Waals surface area contributed by atoms with Crippen molar-refractivity contribution in [3.8, 4) is 11.1 Å². The fourth-order valence-corrected chi connectivity index (χ4v) is 2.37. The number of H-pyrrole nitrogens is 1. The molecule has 2 heterocycles. The summed E-state index contributed by atoms with van der Waals surface area (Å²) in [5, 5.41) is 1.62.